The number of hydrogen-bond donors (Lipinski definition) is 2. The highest BCUT2D eigenvalue weighted by atomic mass is 79.9. The summed E-state index contributed by atoms with van der Waals surface area (Å²) in [5, 5.41) is 7.62. The Balaban J connectivity index is 1.96. The van der Waals surface area contributed by atoms with Crippen molar-refractivity contribution in [2.75, 3.05) is 17.6 Å². The Morgan fingerprint density at radius 3 is 2.83 bits per heavy atom. The lowest BCUT2D eigenvalue weighted by Crippen LogP contribution is -2.11. The number of hydrogen-bond acceptors (Lipinski definition) is 3. The molecule has 18 heavy (non-hydrogen) atoms. The van der Waals surface area contributed by atoms with Gasteiger partial charge in [0.05, 0.1) is 12.7 Å². The van der Waals surface area contributed by atoms with Gasteiger partial charge in [0, 0.05) is 28.6 Å². The third-order valence-electron chi connectivity index (χ3n) is 2.77. The maximum Gasteiger partial charge on any atom is 0.0582 e. The summed E-state index contributed by atoms with van der Waals surface area (Å²) in [6, 6.07) is 3.98. The van der Waals surface area contributed by atoms with Gasteiger partial charge in [0.1, 0.15) is 0 Å². The molecule has 3 N–H and O–H groups in total. The Morgan fingerprint density at radius 2 is 2.17 bits per heavy atom. The molecule has 1 heterocycles. The number of nitrogens with two attached hydrogens (primary N) is 1. The molecule has 2 rings (SSSR count). The number of benzene rings is 1. The molecule has 1 aromatic carbocycles. The van der Waals surface area contributed by atoms with Crippen molar-refractivity contribution in [2.45, 2.75) is 20.4 Å². The van der Waals surface area contributed by atoms with Crippen LogP contribution in [0.2, 0.25) is 0 Å². The Labute approximate surface area is 115 Å². The van der Waals surface area contributed by atoms with Crippen LogP contribution in [0, 0.1) is 13.8 Å². The molecule has 96 valence electrons. The van der Waals surface area contributed by atoms with Gasteiger partial charge in [0.15, 0.2) is 0 Å². The summed E-state index contributed by atoms with van der Waals surface area (Å²) in [5.41, 5.74) is 9.96. The first-order valence-electron chi connectivity index (χ1n) is 5.85. The maximum absolute atomic E-state index is 5.84. The van der Waals surface area contributed by atoms with E-state index in [1.165, 1.54) is 5.56 Å². The van der Waals surface area contributed by atoms with Gasteiger partial charge in [-0.2, -0.15) is 5.10 Å². The van der Waals surface area contributed by atoms with E-state index < -0.39 is 0 Å². The van der Waals surface area contributed by atoms with E-state index in [1.807, 2.05) is 43.1 Å². The van der Waals surface area contributed by atoms with Crippen LogP contribution >= 0.6 is 15.9 Å². The predicted molar refractivity (Wildman–Crippen MR) is 78.7 cm³/mol. The molecule has 0 saturated carbocycles. The van der Waals surface area contributed by atoms with E-state index in [2.05, 4.69) is 26.3 Å². The van der Waals surface area contributed by atoms with Crippen LogP contribution in [-0.2, 0) is 6.54 Å². The summed E-state index contributed by atoms with van der Waals surface area (Å²) < 4.78 is 2.92. The van der Waals surface area contributed by atoms with Gasteiger partial charge in [-0.05, 0) is 53.0 Å². The molecule has 0 saturated heterocycles. The fourth-order valence-corrected chi connectivity index (χ4v) is 2.23. The number of nitrogen functional groups attached to an aromatic ring is 1. The molecule has 4 nitrogen and oxygen atoms in total. The second-order valence-electron chi connectivity index (χ2n) is 4.40. The van der Waals surface area contributed by atoms with E-state index >= 15 is 0 Å². The molecule has 0 atom stereocenters. The van der Waals surface area contributed by atoms with E-state index in [0.717, 1.165) is 34.5 Å². The van der Waals surface area contributed by atoms with Crippen LogP contribution in [0.3, 0.4) is 0 Å². The van der Waals surface area contributed by atoms with Crippen LogP contribution in [0.4, 0.5) is 11.4 Å². The molecule has 0 aliphatic heterocycles. The standard InChI is InChI=1S/C13H17BrN4/c1-9-7-17-18(8-9)4-3-16-13-5-10(2)12(15)6-11(13)14/h5-8,16H,3-4,15H2,1-2H3. The molecule has 1 aromatic heterocycles. The highest BCUT2D eigenvalue weighted by molar-refractivity contribution is 9.10. The summed E-state index contributed by atoms with van der Waals surface area (Å²) in [6.45, 7) is 5.70. The normalized spacial score (nSPS) is 10.6. The lowest BCUT2D eigenvalue weighted by Gasteiger charge is -2.11. The van der Waals surface area contributed by atoms with Gasteiger partial charge in [-0.1, -0.05) is 0 Å². The quantitative estimate of drug-likeness (QED) is 0.854. The molecule has 0 aliphatic carbocycles. The highest BCUT2D eigenvalue weighted by Crippen LogP contribution is 2.27. The van der Waals surface area contributed by atoms with Gasteiger partial charge in [-0.15, -0.1) is 0 Å². The Kier molecular flexibility index (Phi) is 3.91. The first-order valence-corrected chi connectivity index (χ1v) is 6.64. The Bertz CT molecular complexity index is 548. The largest absolute Gasteiger partial charge is 0.398 e. The van der Waals surface area contributed by atoms with Crippen LogP contribution in [0.25, 0.3) is 0 Å². The molecule has 0 radical (unpaired) electrons. The molecule has 2 aromatic rings. The molecular formula is C13H17BrN4. The Hall–Kier alpha value is -1.49. The minimum absolute atomic E-state index is 0.801. The SMILES string of the molecule is Cc1cnn(CCNc2cc(C)c(N)cc2Br)c1. The Morgan fingerprint density at radius 1 is 1.39 bits per heavy atom. The van der Waals surface area contributed by atoms with Gasteiger partial charge >= 0.3 is 0 Å². The molecular weight excluding hydrogens is 292 g/mol. The van der Waals surface area contributed by atoms with E-state index in [-0.39, 0.29) is 0 Å². The monoisotopic (exact) mass is 308 g/mol. The first kappa shape index (κ1) is 13.0. The zero-order valence-electron chi connectivity index (χ0n) is 10.6. The van der Waals surface area contributed by atoms with Crippen molar-refractivity contribution in [3.63, 3.8) is 0 Å². The second kappa shape index (κ2) is 5.44. The number of aryl methyl sites for hydroxylation is 2. The van der Waals surface area contributed by atoms with Gasteiger partial charge in [-0.25, -0.2) is 0 Å². The molecule has 0 unspecified atom stereocenters. The molecule has 0 amide bonds. The molecule has 0 aliphatic rings. The number of nitrogens with zero attached hydrogens (tertiary/aromatic N) is 2. The topological polar surface area (TPSA) is 55.9 Å². The molecule has 0 spiro atoms. The van der Waals surface area contributed by atoms with E-state index in [1.54, 1.807) is 0 Å². The summed E-state index contributed by atoms with van der Waals surface area (Å²) in [4.78, 5) is 0. The number of rotatable bonds is 4. The van der Waals surface area contributed by atoms with Crippen molar-refractivity contribution in [2.24, 2.45) is 0 Å². The maximum atomic E-state index is 5.84. The van der Waals surface area contributed by atoms with Crippen molar-refractivity contribution in [1.82, 2.24) is 9.78 Å². The van der Waals surface area contributed by atoms with Gasteiger partial charge in [-0.3, -0.25) is 4.68 Å². The number of anilines is 2. The van der Waals surface area contributed by atoms with E-state index in [4.69, 9.17) is 5.73 Å². The van der Waals surface area contributed by atoms with Crippen LogP contribution in [0.15, 0.2) is 29.0 Å². The van der Waals surface area contributed by atoms with Gasteiger partial charge < -0.3 is 11.1 Å². The van der Waals surface area contributed by atoms with Gasteiger partial charge in [0.2, 0.25) is 0 Å². The minimum atomic E-state index is 0.801. The van der Waals surface area contributed by atoms with Crippen molar-refractivity contribution in [3.05, 3.63) is 40.1 Å². The second-order valence-corrected chi connectivity index (χ2v) is 5.25. The van der Waals surface area contributed by atoms with E-state index in [9.17, 15) is 0 Å². The van der Waals surface area contributed by atoms with Crippen LogP contribution in [-0.4, -0.2) is 16.3 Å². The van der Waals surface area contributed by atoms with Crippen LogP contribution in [0.1, 0.15) is 11.1 Å². The molecule has 0 bridgehead atoms. The average molecular weight is 309 g/mol. The fourth-order valence-electron chi connectivity index (χ4n) is 1.73. The van der Waals surface area contributed by atoms with Gasteiger partial charge in [0.25, 0.3) is 0 Å². The lowest BCUT2D eigenvalue weighted by molar-refractivity contribution is 0.637. The zero-order chi connectivity index (χ0) is 13.1. The number of aromatic nitrogens is 2. The van der Waals surface area contributed by atoms with E-state index in [0.29, 0.717) is 0 Å². The third-order valence-corrected chi connectivity index (χ3v) is 3.43. The van der Waals surface area contributed by atoms with Crippen LogP contribution in [0.5, 0.6) is 0 Å². The van der Waals surface area contributed by atoms with Crippen molar-refractivity contribution < 1.29 is 0 Å². The van der Waals surface area contributed by atoms with Crippen molar-refractivity contribution in [3.8, 4) is 0 Å². The van der Waals surface area contributed by atoms with Crippen molar-refractivity contribution in [1.29, 1.82) is 0 Å². The molecule has 0 fully saturated rings. The third kappa shape index (κ3) is 3.04. The zero-order valence-corrected chi connectivity index (χ0v) is 12.2. The average Bonchev–Trinajstić information content (AvgIpc) is 2.71. The number of nitrogens with one attached hydrogen (secondary N) is 1. The summed E-state index contributed by atoms with van der Waals surface area (Å²) in [7, 11) is 0. The first-order chi connectivity index (χ1) is 8.56. The highest BCUT2D eigenvalue weighted by Gasteiger charge is 2.03. The summed E-state index contributed by atoms with van der Waals surface area (Å²) in [6.07, 6.45) is 3.90. The minimum Gasteiger partial charge on any atom is -0.398 e. The molecule has 5 heteroatoms. The predicted octanol–water partition coefficient (Wildman–Crippen LogP) is 2.96. The fraction of sp³-hybridized carbons (Fsp3) is 0.308. The van der Waals surface area contributed by atoms with Crippen molar-refractivity contribution >= 4 is 27.3 Å². The summed E-state index contributed by atoms with van der Waals surface area (Å²) in [5.74, 6) is 0. The van der Waals surface area contributed by atoms with Crippen LogP contribution < -0.4 is 11.1 Å². The summed E-state index contributed by atoms with van der Waals surface area (Å²) >= 11 is 3.51. The smallest absolute Gasteiger partial charge is 0.0582 e. The lowest BCUT2D eigenvalue weighted by atomic mass is 10.2. The number of halogens is 1.